The van der Waals surface area contributed by atoms with Crippen LogP contribution in [0.25, 0.3) is 0 Å². The van der Waals surface area contributed by atoms with Gasteiger partial charge in [-0.2, -0.15) is 0 Å². The molecule has 3 heteroatoms. The van der Waals surface area contributed by atoms with E-state index in [1.165, 1.54) is 51.4 Å². The van der Waals surface area contributed by atoms with Crippen LogP contribution >= 0.6 is 0 Å². The van der Waals surface area contributed by atoms with Gasteiger partial charge in [-0.3, -0.25) is 0 Å². The fourth-order valence-corrected chi connectivity index (χ4v) is 4.29. The van der Waals surface area contributed by atoms with Crippen LogP contribution in [0.15, 0.2) is 0 Å². The molecule has 2 nitrogen and oxygen atoms in total. The molecule has 21 heavy (non-hydrogen) atoms. The van der Waals surface area contributed by atoms with Gasteiger partial charge in [0.2, 0.25) is 0 Å². The molecule has 0 amide bonds. The van der Waals surface area contributed by atoms with Crippen molar-refractivity contribution in [1.29, 1.82) is 0 Å². The molecule has 0 radical (unpaired) electrons. The first-order valence-electron chi connectivity index (χ1n) is 9.54. The van der Waals surface area contributed by atoms with Gasteiger partial charge in [-0.05, 0) is 24.7 Å². The molecule has 0 aromatic carbocycles. The van der Waals surface area contributed by atoms with E-state index in [-0.39, 0.29) is 0 Å². The van der Waals surface area contributed by atoms with Gasteiger partial charge in [-0.1, -0.05) is 78.1 Å². The van der Waals surface area contributed by atoms with Crippen molar-refractivity contribution >= 4 is 10.0 Å². The van der Waals surface area contributed by atoms with Crippen LogP contribution in [-0.2, 0) is 8.85 Å². The Hall–Kier alpha value is 0.137. The maximum absolute atomic E-state index is 5.34. The van der Waals surface area contributed by atoms with Crippen molar-refractivity contribution in [2.24, 2.45) is 11.8 Å². The number of rotatable bonds is 9. The normalized spacial score (nSPS) is 19.7. The molecule has 0 bridgehead atoms. The molecule has 126 valence electrons. The van der Waals surface area contributed by atoms with Gasteiger partial charge in [0.25, 0.3) is 0 Å². The Morgan fingerprint density at radius 1 is 0.714 bits per heavy atom. The lowest BCUT2D eigenvalue weighted by Gasteiger charge is -2.16. The van der Waals surface area contributed by atoms with E-state index in [9.17, 15) is 0 Å². The first-order valence-corrected chi connectivity index (χ1v) is 10.7. The highest BCUT2D eigenvalue weighted by Gasteiger charge is 2.26. The molecular weight excluding hydrogens is 276 g/mol. The molecule has 0 saturated heterocycles. The molecule has 2 aliphatic rings. The van der Waals surface area contributed by atoms with Crippen LogP contribution in [0.2, 0.25) is 0 Å². The Morgan fingerprint density at radius 2 is 1.10 bits per heavy atom. The third-order valence-corrected chi connectivity index (χ3v) is 5.83. The molecule has 0 aliphatic heterocycles. The van der Waals surface area contributed by atoms with Crippen LogP contribution in [0, 0.1) is 11.8 Å². The fraction of sp³-hybridized carbons (Fsp3) is 1.00. The van der Waals surface area contributed by atoms with Crippen LogP contribution in [0.4, 0.5) is 0 Å². The zero-order chi connectivity index (χ0) is 15.2. The van der Waals surface area contributed by atoms with Gasteiger partial charge in [0.1, 0.15) is 0 Å². The van der Waals surface area contributed by atoms with E-state index < -0.39 is 10.0 Å². The summed E-state index contributed by atoms with van der Waals surface area (Å²) in [5.41, 5.74) is 0. The molecule has 2 saturated carbocycles. The van der Waals surface area contributed by atoms with E-state index in [0.29, 0.717) is 0 Å². The quantitative estimate of drug-likeness (QED) is 0.441. The van der Waals surface area contributed by atoms with Gasteiger partial charge >= 0.3 is 10.0 Å². The van der Waals surface area contributed by atoms with Gasteiger partial charge < -0.3 is 8.85 Å². The Balaban J connectivity index is 0.000000210. The molecule has 0 unspecified atom stereocenters. The molecule has 0 N–H and O–H groups in total. The van der Waals surface area contributed by atoms with Crippen molar-refractivity contribution in [1.82, 2.24) is 0 Å². The van der Waals surface area contributed by atoms with Gasteiger partial charge in [0.15, 0.2) is 0 Å². The average molecular weight is 315 g/mol. The van der Waals surface area contributed by atoms with Crippen LogP contribution < -0.4 is 0 Å². The van der Waals surface area contributed by atoms with E-state index in [1.54, 1.807) is 25.7 Å². The summed E-state index contributed by atoms with van der Waals surface area (Å²) in [4.78, 5) is 0. The minimum absolute atomic E-state index is 0.629. The van der Waals surface area contributed by atoms with Gasteiger partial charge in [-0.15, -0.1) is 0 Å². The summed E-state index contributed by atoms with van der Waals surface area (Å²) in [6.45, 7) is 6.13. The first kappa shape index (κ1) is 19.2. The lowest BCUT2D eigenvalue weighted by Crippen LogP contribution is -2.06. The van der Waals surface area contributed by atoms with E-state index >= 15 is 0 Å². The number of hydrogen-bond donors (Lipinski definition) is 0. The van der Waals surface area contributed by atoms with E-state index in [0.717, 1.165) is 25.0 Å². The number of unbranched alkanes of at least 4 members (excludes halogenated alkanes) is 2. The predicted octanol–water partition coefficient (Wildman–Crippen LogP) is 4.99. The molecule has 0 aromatic heterocycles. The number of hydrogen-bond acceptors (Lipinski definition) is 2. The van der Waals surface area contributed by atoms with Crippen molar-refractivity contribution < 1.29 is 8.85 Å². The first-order chi connectivity index (χ1) is 10.4. The summed E-state index contributed by atoms with van der Waals surface area (Å²) in [5.74, 6) is 2.31. The summed E-state index contributed by atoms with van der Waals surface area (Å²) in [7, 11) is -0.629. The summed E-state index contributed by atoms with van der Waals surface area (Å²) in [6.07, 6.45) is 17.1. The van der Waals surface area contributed by atoms with Crippen molar-refractivity contribution in [2.75, 3.05) is 13.2 Å². The topological polar surface area (TPSA) is 18.5 Å². The van der Waals surface area contributed by atoms with Crippen molar-refractivity contribution in [3.63, 3.8) is 0 Å². The maximum atomic E-state index is 5.34. The highest BCUT2D eigenvalue weighted by Crippen LogP contribution is 2.39. The Morgan fingerprint density at radius 3 is 1.43 bits per heavy atom. The van der Waals surface area contributed by atoms with Crippen LogP contribution in [-0.4, -0.2) is 23.2 Å². The second-order valence-electron chi connectivity index (χ2n) is 6.73. The molecule has 0 atom stereocenters. The zero-order valence-electron chi connectivity index (χ0n) is 14.6. The SMILES string of the molecule is C1CCC(C2CCCC2)C1.CCCCO[SiH2]OCCCC. The summed E-state index contributed by atoms with van der Waals surface area (Å²) < 4.78 is 10.7. The maximum Gasteiger partial charge on any atom is 0.304 e. The highest BCUT2D eigenvalue weighted by atomic mass is 28.3. The molecule has 2 fully saturated rings. The molecule has 2 aliphatic carbocycles. The lowest BCUT2D eigenvalue weighted by molar-refractivity contribution is 0.216. The molecule has 0 heterocycles. The second-order valence-corrected chi connectivity index (χ2v) is 7.78. The lowest BCUT2D eigenvalue weighted by atomic mass is 9.90. The standard InChI is InChI=1S/C10H18.C8H20O2Si/c1-2-6-9(5-1)10-7-3-4-8-10;1-3-5-7-9-11-10-8-6-4-2/h9-10H,1-8H2;3-8,11H2,1-2H3. The minimum Gasteiger partial charge on any atom is -0.399 e. The average Bonchev–Trinajstić information content (AvgIpc) is 3.19. The largest absolute Gasteiger partial charge is 0.399 e. The smallest absolute Gasteiger partial charge is 0.304 e. The minimum atomic E-state index is -0.629. The Labute approximate surface area is 135 Å². The second kappa shape index (κ2) is 13.8. The predicted molar refractivity (Wildman–Crippen MR) is 94.2 cm³/mol. The van der Waals surface area contributed by atoms with E-state index in [4.69, 9.17) is 8.85 Å². The monoisotopic (exact) mass is 314 g/mol. The third kappa shape index (κ3) is 9.70. The summed E-state index contributed by atoms with van der Waals surface area (Å²) in [5, 5.41) is 0. The van der Waals surface area contributed by atoms with E-state index in [1.807, 2.05) is 0 Å². The van der Waals surface area contributed by atoms with Crippen LogP contribution in [0.3, 0.4) is 0 Å². The van der Waals surface area contributed by atoms with Gasteiger partial charge in [0, 0.05) is 13.2 Å². The van der Waals surface area contributed by atoms with Crippen molar-refractivity contribution in [3.05, 3.63) is 0 Å². The summed E-state index contributed by atoms with van der Waals surface area (Å²) in [6, 6.07) is 0. The Bertz CT molecular complexity index is 189. The summed E-state index contributed by atoms with van der Waals surface area (Å²) >= 11 is 0. The molecule has 0 spiro atoms. The van der Waals surface area contributed by atoms with Crippen LogP contribution in [0.5, 0.6) is 0 Å². The highest BCUT2D eigenvalue weighted by molar-refractivity contribution is 6.17. The van der Waals surface area contributed by atoms with Crippen LogP contribution in [0.1, 0.15) is 90.9 Å². The fourth-order valence-electron chi connectivity index (χ4n) is 3.53. The van der Waals surface area contributed by atoms with Gasteiger partial charge in [0.05, 0.1) is 0 Å². The zero-order valence-corrected chi connectivity index (χ0v) is 16.0. The van der Waals surface area contributed by atoms with Crippen molar-refractivity contribution in [2.45, 2.75) is 90.9 Å². The third-order valence-electron chi connectivity index (χ3n) is 4.92. The molecule has 0 aromatic rings. The van der Waals surface area contributed by atoms with Crippen molar-refractivity contribution in [3.8, 4) is 0 Å². The van der Waals surface area contributed by atoms with E-state index in [2.05, 4.69) is 13.8 Å². The Kier molecular flexibility index (Phi) is 12.6. The molecular formula is C18H38O2Si. The molecule has 2 rings (SSSR count). The van der Waals surface area contributed by atoms with Gasteiger partial charge in [-0.25, -0.2) is 0 Å².